The van der Waals surface area contributed by atoms with Gasteiger partial charge in [0.25, 0.3) is 0 Å². The van der Waals surface area contributed by atoms with E-state index in [1.165, 1.54) is 0 Å². The van der Waals surface area contributed by atoms with E-state index in [1.807, 2.05) is 19.1 Å². The van der Waals surface area contributed by atoms with Gasteiger partial charge in [0.2, 0.25) is 0 Å². The standard InChI is InChI=1S/C19H21ClN4O2/c1-11-4-14(23-22-11)5-12-8-24(10-19(12)26)9-15-7-18(25)16-6-13(20)2-3-17(16)21-15/h2-4,6-7,12,19,26H,5,8-10H2,1H3,(H,21,25)(H,22,23)/t12-,19-/m1/s1. The number of aryl methyl sites for hydroxylation is 1. The summed E-state index contributed by atoms with van der Waals surface area (Å²) in [5, 5.41) is 18.7. The van der Waals surface area contributed by atoms with E-state index < -0.39 is 6.10 Å². The van der Waals surface area contributed by atoms with Crippen LogP contribution in [-0.2, 0) is 13.0 Å². The summed E-state index contributed by atoms with van der Waals surface area (Å²) in [6.07, 6.45) is 0.354. The van der Waals surface area contributed by atoms with Gasteiger partial charge in [-0.2, -0.15) is 5.10 Å². The number of nitrogens with one attached hydrogen (secondary N) is 2. The first-order valence-electron chi connectivity index (χ1n) is 8.71. The quantitative estimate of drug-likeness (QED) is 0.655. The molecule has 2 atom stereocenters. The monoisotopic (exact) mass is 372 g/mol. The van der Waals surface area contributed by atoms with Gasteiger partial charge in [-0.1, -0.05) is 11.6 Å². The van der Waals surface area contributed by atoms with E-state index in [0.717, 1.165) is 35.6 Å². The second-order valence-corrected chi connectivity index (χ2v) is 7.55. The Balaban J connectivity index is 1.48. The summed E-state index contributed by atoms with van der Waals surface area (Å²) < 4.78 is 0. The van der Waals surface area contributed by atoms with Crippen molar-refractivity contribution in [2.24, 2.45) is 5.92 Å². The van der Waals surface area contributed by atoms with Crippen LogP contribution in [0.25, 0.3) is 10.9 Å². The summed E-state index contributed by atoms with van der Waals surface area (Å²) in [5.41, 5.74) is 3.58. The third-order valence-corrected chi connectivity index (χ3v) is 5.19. The fourth-order valence-corrected chi connectivity index (χ4v) is 3.89. The number of β-amino-alcohol motifs (C(OH)–C–C–N with tert-alkyl or cyclic N) is 1. The van der Waals surface area contributed by atoms with E-state index in [2.05, 4.69) is 20.1 Å². The molecule has 1 aliphatic heterocycles. The summed E-state index contributed by atoms with van der Waals surface area (Å²) in [6.45, 7) is 3.93. The number of aromatic amines is 2. The van der Waals surface area contributed by atoms with Gasteiger partial charge in [-0.05, 0) is 37.6 Å². The van der Waals surface area contributed by atoms with Crippen LogP contribution >= 0.6 is 11.6 Å². The minimum Gasteiger partial charge on any atom is -0.391 e. The third-order valence-electron chi connectivity index (χ3n) is 4.95. The van der Waals surface area contributed by atoms with Crippen LogP contribution in [0.2, 0.25) is 5.02 Å². The molecule has 0 unspecified atom stereocenters. The van der Waals surface area contributed by atoms with Crippen molar-refractivity contribution in [1.29, 1.82) is 0 Å². The Morgan fingerprint density at radius 1 is 1.31 bits per heavy atom. The zero-order valence-electron chi connectivity index (χ0n) is 14.5. The highest BCUT2D eigenvalue weighted by molar-refractivity contribution is 6.31. The molecule has 6 nitrogen and oxygen atoms in total. The van der Waals surface area contributed by atoms with Crippen LogP contribution in [0.3, 0.4) is 0 Å². The number of aliphatic hydroxyl groups excluding tert-OH is 1. The molecule has 0 saturated carbocycles. The Hall–Kier alpha value is -2.15. The van der Waals surface area contributed by atoms with Crippen LogP contribution < -0.4 is 5.43 Å². The van der Waals surface area contributed by atoms with Gasteiger partial charge in [0.15, 0.2) is 5.43 Å². The summed E-state index contributed by atoms with van der Waals surface area (Å²) in [7, 11) is 0. The van der Waals surface area contributed by atoms with Gasteiger partial charge in [0.1, 0.15) is 0 Å². The molecule has 26 heavy (non-hydrogen) atoms. The van der Waals surface area contributed by atoms with Gasteiger partial charge in [-0.3, -0.25) is 14.8 Å². The number of fused-ring (bicyclic) bond motifs is 1. The molecule has 1 aliphatic rings. The van der Waals surface area contributed by atoms with Crippen molar-refractivity contribution in [2.75, 3.05) is 13.1 Å². The van der Waals surface area contributed by atoms with Crippen molar-refractivity contribution >= 4 is 22.5 Å². The third kappa shape index (κ3) is 3.53. The number of likely N-dealkylation sites (tertiary alicyclic amines) is 1. The maximum absolute atomic E-state index is 12.3. The van der Waals surface area contributed by atoms with E-state index in [9.17, 15) is 9.90 Å². The number of rotatable bonds is 4. The minimum atomic E-state index is -0.391. The molecule has 7 heteroatoms. The molecule has 0 aliphatic carbocycles. The Kier molecular flexibility index (Phi) is 4.56. The Labute approximate surface area is 155 Å². The number of aliphatic hydroxyl groups is 1. The molecule has 136 valence electrons. The van der Waals surface area contributed by atoms with E-state index in [1.54, 1.807) is 18.2 Å². The van der Waals surface area contributed by atoms with Crippen LogP contribution in [0, 0.1) is 12.8 Å². The number of pyridine rings is 1. The fraction of sp³-hybridized carbons (Fsp3) is 0.368. The zero-order valence-corrected chi connectivity index (χ0v) is 15.3. The second kappa shape index (κ2) is 6.87. The Morgan fingerprint density at radius 3 is 2.92 bits per heavy atom. The maximum atomic E-state index is 12.3. The first-order chi connectivity index (χ1) is 12.5. The van der Waals surface area contributed by atoms with Crippen molar-refractivity contribution in [2.45, 2.75) is 26.0 Å². The predicted molar refractivity (Wildman–Crippen MR) is 101 cm³/mol. The van der Waals surface area contributed by atoms with Crippen LogP contribution in [-0.4, -0.2) is 44.4 Å². The topological polar surface area (TPSA) is 85.0 Å². The Bertz CT molecular complexity index is 997. The van der Waals surface area contributed by atoms with Crippen molar-refractivity contribution < 1.29 is 5.11 Å². The number of hydrogen-bond acceptors (Lipinski definition) is 4. The number of halogens is 1. The molecule has 0 amide bonds. The van der Waals surface area contributed by atoms with Crippen LogP contribution in [0.4, 0.5) is 0 Å². The molecule has 1 saturated heterocycles. The molecule has 3 N–H and O–H groups in total. The molecule has 3 aromatic rings. The maximum Gasteiger partial charge on any atom is 0.189 e. The molecule has 0 radical (unpaired) electrons. The lowest BCUT2D eigenvalue weighted by Crippen LogP contribution is -2.23. The smallest absolute Gasteiger partial charge is 0.189 e. The lowest BCUT2D eigenvalue weighted by molar-refractivity contribution is 0.140. The minimum absolute atomic E-state index is 0.0421. The molecular weight excluding hydrogens is 352 g/mol. The summed E-state index contributed by atoms with van der Waals surface area (Å²) in [4.78, 5) is 17.8. The van der Waals surface area contributed by atoms with Crippen molar-refractivity contribution in [3.05, 3.63) is 62.7 Å². The summed E-state index contributed by atoms with van der Waals surface area (Å²) in [6, 6.07) is 8.91. The molecule has 0 bridgehead atoms. The SMILES string of the molecule is Cc1cc(C[C@@H]2CN(Cc3cc(=O)c4cc(Cl)ccc4[nH]3)C[C@H]2O)n[nH]1. The van der Waals surface area contributed by atoms with Crippen LogP contribution in [0.1, 0.15) is 17.1 Å². The van der Waals surface area contributed by atoms with Crippen molar-refractivity contribution in [3.8, 4) is 0 Å². The normalized spacial score (nSPS) is 20.9. The molecule has 3 heterocycles. The first-order valence-corrected chi connectivity index (χ1v) is 9.08. The summed E-state index contributed by atoms with van der Waals surface area (Å²) in [5.74, 6) is 0.142. The van der Waals surface area contributed by atoms with E-state index in [4.69, 9.17) is 11.6 Å². The highest BCUT2D eigenvalue weighted by Gasteiger charge is 2.31. The molecule has 1 fully saturated rings. The fourth-order valence-electron chi connectivity index (χ4n) is 3.72. The summed E-state index contributed by atoms with van der Waals surface area (Å²) >= 11 is 5.97. The molecular formula is C19H21ClN4O2. The Morgan fingerprint density at radius 2 is 2.15 bits per heavy atom. The zero-order chi connectivity index (χ0) is 18.3. The van der Waals surface area contributed by atoms with E-state index >= 15 is 0 Å². The molecule has 1 aromatic carbocycles. The number of nitrogens with zero attached hydrogens (tertiary/aromatic N) is 2. The van der Waals surface area contributed by atoms with Gasteiger partial charge in [-0.25, -0.2) is 0 Å². The highest BCUT2D eigenvalue weighted by atomic mass is 35.5. The first kappa shape index (κ1) is 17.3. The van der Waals surface area contributed by atoms with Crippen molar-refractivity contribution in [3.63, 3.8) is 0 Å². The molecule has 0 spiro atoms. The molecule has 2 aromatic heterocycles. The van der Waals surface area contributed by atoms with Gasteiger partial charge in [0, 0.05) is 58.9 Å². The number of H-pyrrole nitrogens is 2. The van der Waals surface area contributed by atoms with Gasteiger partial charge in [-0.15, -0.1) is 0 Å². The number of hydrogen-bond donors (Lipinski definition) is 3. The van der Waals surface area contributed by atoms with E-state index in [-0.39, 0.29) is 11.3 Å². The van der Waals surface area contributed by atoms with E-state index in [0.29, 0.717) is 23.5 Å². The molecule has 4 rings (SSSR count). The number of aromatic nitrogens is 3. The second-order valence-electron chi connectivity index (χ2n) is 7.12. The van der Waals surface area contributed by atoms with Crippen LogP contribution in [0.15, 0.2) is 35.1 Å². The highest BCUT2D eigenvalue weighted by Crippen LogP contribution is 2.23. The number of benzene rings is 1. The predicted octanol–water partition coefficient (Wildman–Crippen LogP) is 2.25. The lowest BCUT2D eigenvalue weighted by Gasteiger charge is -2.15. The van der Waals surface area contributed by atoms with Gasteiger partial charge >= 0.3 is 0 Å². The van der Waals surface area contributed by atoms with Crippen molar-refractivity contribution in [1.82, 2.24) is 20.1 Å². The largest absolute Gasteiger partial charge is 0.391 e. The lowest BCUT2D eigenvalue weighted by atomic mass is 10.0. The average Bonchev–Trinajstić information content (AvgIpc) is 3.14. The average molecular weight is 373 g/mol. The van der Waals surface area contributed by atoms with Gasteiger partial charge < -0.3 is 10.1 Å². The van der Waals surface area contributed by atoms with Crippen LogP contribution in [0.5, 0.6) is 0 Å². The van der Waals surface area contributed by atoms with Gasteiger partial charge in [0.05, 0.1) is 11.8 Å².